The summed E-state index contributed by atoms with van der Waals surface area (Å²) >= 11 is 0. The van der Waals surface area contributed by atoms with E-state index in [4.69, 9.17) is 0 Å². The highest BCUT2D eigenvalue weighted by molar-refractivity contribution is 5.87. The lowest BCUT2D eigenvalue weighted by Crippen LogP contribution is -2.47. The quantitative estimate of drug-likeness (QED) is 0.930. The Hall–Kier alpha value is -2.18. The molecule has 1 amide bonds. The van der Waals surface area contributed by atoms with E-state index in [9.17, 15) is 4.79 Å². The molecule has 2 fully saturated rings. The molecule has 1 saturated carbocycles. The number of hydrogen-bond acceptors (Lipinski definition) is 5. The first kappa shape index (κ1) is 15.4. The van der Waals surface area contributed by atoms with E-state index in [-0.39, 0.29) is 5.91 Å². The summed E-state index contributed by atoms with van der Waals surface area (Å²) in [6.07, 6.45) is 9.58. The zero-order valence-electron chi connectivity index (χ0n) is 14.1. The Morgan fingerprint density at radius 3 is 2.96 bits per heavy atom. The first-order valence-electron chi connectivity index (χ1n) is 8.85. The maximum atomic E-state index is 12.7. The van der Waals surface area contributed by atoms with Crippen molar-refractivity contribution in [3.05, 3.63) is 12.7 Å². The molecule has 2 aromatic heterocycles. The predicted molar refractivity (Wildman–Crippen MR) is 91.6 cm³/mol. The van der Waals surface area contributed by atoms with Gasteiger partial charge in [0, 0.05) is 20.1 Å². The number of carbonyl (C=O) groups excluding carboxylic acids is 1. The molecule has 1 aliphatic carbocycles. The number of amides is 1. The molecule has 1 N–H and O–H groups in total. The van der Waals surface area contributed by atoms with Gasteiger partial charge in [0.2, 0.25) is 5.91 Å². The number of aromatic amines is 1. The molecule has 2 aliphatic rings. The van der Waals surface area contributed by atoms with Crippen molar-refractivity contribution in [2.24, 2.45) is 11.8 Å². The van der Waals surface area contributed by atoms with E-state index in [0.717, 1.165) is 30.3 Å². The van der Waals surface area contributed by atoms with Gasteiger partial charge in [-0.25, -0.2) is 15.0 Å². The van der Waals surface area contributed by atoms with Crippen molar-refractivity contribution in [3.63, 3.8) is 0 Å². The number of carbonyl (C=O) groups is 1. The van der Waals surface area contributed by atoms with Crippen molar-refractivity contribution in [1.82, 2.24) is 24.8 Å². The number of rotatable bonds is 3. The summed E-state index contributed by atoms with van der Waals surface area (Å²) in [5, 5.41) is 0. The summed E-state index contributed by atoms with van der Waals surface area (Å²) in [6, 6.07) is 0. The fraction of sp³-hybridized carbons (Fsp3) is 0.647. The van der Waals surface area contributed by atoms with Crippen LogP contribution in [0.2, 0.25) is 0 Å². The number of hydrogen-bond donors (Lipinski definition) is 1. The number of likely N-dealkylation sites (N-methyl/N-ethyl adjacent to an activating group) is 1. The van der Waals surface area contributed by atoms with Gasteiger partial charge in [-0.05, 0) is 24.7 Å². The largest absolute Gasteiger partial charge is 0.348 e. The molecule has 7 heteroatoms. The van der Waals surface area contributed by atoms with Crippen LogP contribution in [0.1, 0.15) is 32.1 Å². The molecule has 7 nitrogen and oxygen atoms in total. The van der Waals surface area contributed by atoms with E-state index in [1.165, 1.54) is 38.4 Å². The molecule has 1 aliphatic heterocycles. The van der Waals surface area contributed by atoms with Gasteiger partial charge in [-0.2, -0.15) is 0 Å². The maximum Gasteiger partial charge on any atom is 0.242 e. The van der Waals surface area contributed by atoms with Crippen LogP contribution in [0.3, 0.4) is 0 Å². The Morgan fingerprint density at radius 2 is 2.08 bits per heavy atom. The lowest BCUT2D eigenvalue weighted by Gasteiger charge is -2.41. The third-order valence-electron chi connectivity index (χ3n) is 5.58. The van der Waals surface area contributed by atoms with Crippen molar-refractivity contribution in [3.8, 4) is 0 Å². The highest BCUT2D eigenvalue weighted by Gasteiger charge is 2.33. The second-order valence-corrected chi connectivity index (χ2v) is 7.09. The van der Waals surface area contributed by atoms with Gasteiger partial charge < -0.3 is 14.8 Å². The number of H-pyrrole nitrogens is 1. The van der Waals surface area contributed by atoms with Crippen LogP contribution in [0, 0.1) is 11.8 Å². The van der Waals surface area contributed by atoms with Gasteiger partial charge in [0.15, 0.2) is 11.5 Å². The molecule has 0 spiro atoms. The Bertz CT molecular complexity index is 729. The van der Waals surface area contributed by atoms with Crippen LogP contribution in [0.15, 0.2) is 12.7 Å². The standard InChI is InChI=1S/C17H24N6O/c1-22(17-15-16(19-10-18-15)20-11-21-17)9-14(24)23-7-6-12-4-2-3-5-13(12)8-23/h10-13H,2-9H2,1H3,(H,18,19,20,21). The second kappa shape index (κ2) is 6.37. The first-order valence-corrected chi connectivity index (χ1v) is 8.85. The SMILES string of the molecule is CN(CC(=O)N1CCC2CCCCC2C1)c1ncnc2nc[nH]c12. The van der Waals surface area contributed by atoms with Gasteiger partial charge in [-0.3, -0.25) is 4.79 Å². The average Bonchev–Trinajstić information content (AvgIpc) is 3.09. The molecule has 0 bridgehead atoms. The van der Waals surface area contributed by atoms with Crippen LogP contribution < -0.4 is 4.90 Å². The summed E-state index contributed by atoms with van der Waals surface area (Å²) in [5.74, 6) is 2.46. The van der Waals surface area contributed by atoms with E-state index < -0.39 is 0 Å². The minimum absolute atomic E-state index is 0.188. The number of aromatic nitrogens is 4. The maximum absolute atomic E-state index is 12.7. The van der Waals surface area contributed by atoms with Crippen LogP contribution in [-0.4, -0.2) is 57.4 Å². The van der Waals surface area contributed by atoms with E-state index in [1.54, 1.807) is 6.33 Å². The van der Waals surface area contributed by atoms with Gasteiger partial charge in [-0.15, -0.1) is 0 Å². The van der Waals surface area contributed by atoms with Gasteiger partial charge in [-0.1, -0.05) is 19.3 Å². The Labute approximate surface area is 141 Å². The average molecular weight is 328 g/mol. The molecule has 128 valence electrons. The Morgan fingerprint density at radius 1 is 1.25 bits per heavy atom. The van der Waals surface area contributed by atoms with Crippen molar-refractivity contribution >= 4 is 22.9 Å². The van der Waals surface area contributed by atoms with Crippen LogP contribution >= 0.6 is 0 Å². The highest BCUT2D eigenvalue weighted by Crippen LogP contribution is 2.36. The lowest BCUT2D eigenvalue weighted by atomic mass is 9.75. The molecule has 2 aromatic rings. The van der Waals surface area contributed by atoms with Gasteiger partial charge in [0.25, 0.3) is 0 Å². The van der Waals surface area contributed by atoms with Gasteiger partial charge in [0.05, 0.1) is 12.9 Å². The second-order valence-electron chi connectivity index (χ2n) is 7.09. The normalized spacial score (nSPS) is 24.0. The molecular formula is C17H24N6O. The molecule has 2 unspecified atom stereocenters. The number of piperidine rings is 1. The third-order valence-corrected chi connectivity index (χ3v) is 5.58. The van der Waals surface area contributed by atoms with Crippen molar-refractivity contribution < 1.29 is 4.79 Å². The minimum atomic E-state index is 0.188. The number of likely N-dealkylation sites (tertiary alicyclic amines) is 1. The molecule has 0 aromatic carbocycles. The predicted octanol–water partition coefficient (Wildman–Crippen LogP) is 1.83. The van der Waals surface area contributed by atoms with Crippen LogP contribution in [0.25, 0.3) is 11.2 Å². The van der Waals surface area contributed by atoms with E-state index in [0.29, 0.717) is 18.1 Å². The van der Waals surface area contributed by atoms with Crippen molar-refractivity contribution in [2.75, 3.05) is 31.6 Å². The fourth-order valence-corrected chi connectivity index (χ4v) is 4.25. The number of anilines is 1. The molecule has 4 rings (SSSR count). The Balaban J connectivity index is 1.43. The smallest absolute Gasteiger partial charge is 0.242 e. The lowest BCUT2D eigenvalue weighted by molar-refractivity contribution is -0.132. The molecule has 24 heavy (non-hydrogen) atoms. The summed E-state index contributed by atoms with van der Waals surface area (Å²) in [6.45, 7) is 2.17. The fourth-order valence-electron chi connectivity index (χ4n) is 4.25. The summed E-state index contributed by atoms with van der Waals surface area (Å²) < 4.78 is 0. The number of nitrogens with zero attached hydrogens (tertiary/aromatic N) is 5. The highest BCUT2D eigenvalue weighted by atomic mass is 16.2. The van der Waals surface area contributed by atoms with Gasteiger partial charge in [0.1, 0.15) is 11.8 Å². The van der Waals surface area contributed by atoms with Crippen LogP contribution in [-0.2, 0) is 4.79 Å². The van der Waals surface area contributed by atoms with Gasteiger partial charge >= 0.3 is 0 Å². The molecule has 3 heterocycles. The summed E-state index contributed by atoms with van der Waals surface area (Å²) in [4.78, 5) is 32.3. The molecular weight excluding hydrogens is 304 g/mol. The molecule has 0 radical (unpaired) electrons. The third kappa shape index (κ3) is 2.83. The van der Waals surface area contributed by atoms with E-state index in [1.807, 2.05) is 16.8 Å². The Kier molecular flexibility index (Phi) is 4.08. The zero-order valence-corrected chi connectivity index (χ0v) is 14.1. The monoisotopic (exact) mass is 328 g/mol. The van der Waals surface area contributed by atoms with Crippen LogP contribution in [0.4, 0.5) is 5.82 Å². The number of fused-ring (bicyclic) bond motifs is 2. The van der Waals surface area contributed by atoms with E-state index >= 15 is 0 Å². The summed E-state index contributed by atoms with van der Waals surface area (Å²) in [5.41, 5.74) is 1.40. The molecule has 2 atom stereocenters. The van der Waals surface area contributed by atoms with E-state index in [2.05, 4.69) is 19.9 Å². The van der Waals surface area contributed by atoms with Crippen molar-refractivity contribution in [2.45, 2.75) is 32.1 Å². The summed E-state index contributed by atoms with van der Waals surface area (Å²) in [7, 11) is 1.90. The van der Waals surface area contributed by atoms with Crippen LogP contribution in [0.5, 0.6) is 0 Å². The molecule has 1 saturated heterocycles. The van der Waals surface area contributed by atoms with Crippen molar-refractivity contribution in [1.29, 1.82) is 0 Å². The topological polar surface area (TPSA) is 78.0 Å². The number of imidazole rings is 1. The number of nitrogens with one attached hydrogen (secondary N) is 1. The first-order chi connectivity index (χ1) is 11.7. The minimum Gasteiger partial charge on any atom is -0.348 e. The zero-order chi connectivity index (χ0) is 16.5.